The standard InChI is InChI=1S/C16H18FN3.C4H10.C2H6/c1-11-4-3-5-15(17)14(11)7-6-12-10-20-16(18)8-13(12)9-19-2;1-3-4-2;1-2/h3-6,8-10,19H,7,18H2,1-2H3;3-4H2,1-2H3;1-2H3/b12-6-,13-9+;;. The molecule has 3 nitrogen and oxygen atoms in total. The van der Waals surface area contributed by atoms with Crippen LogP contribution in [0, 0.1) is 12.7 Å². The number of pyridine rings is 1. The summed E-state index contributed by atoms with van der Waals surface area (Å²) < 4.78 is 13.8. The Bertz CT molecular complexity index is 732. The molecule has 1 heterocycles. The van der Waals surface area contributed by atoms with Crippen LogP contribution in [0.15, 0.2) is 30.5 Å². The number of halogens is 1. The van der Waals surface area contributed by atoms with Crippen LogP contribution in [0.1, 0.15) is 51.7 Å². The minimum absolute atomic E-state index is 0.177. The van der Waals surface area contributed by atoms with E-state index in [0.29, 0.717) is 17.8 Å². The van der Waals surface area contributed by atoms with Gasteiger partial charge in [-0.1, -0.05) is 58.7 Å². The smallest absolute Gasteiger partial charge is 0.126 e. The highest BCUT2D eigenvalue weighted by molar-refractivity contribution is 5.41. The van der Waals surface area contributed by atoms with Crippen LogP contribution < -0.4 is 21.5 Å². The molecule has 144 valence electrons. The molecule has 0 radical (unpaired) electrons. The van der Waals surface area contributed by atoms with E-state index in [4.69, 9.17) is 5.73 Å². The van der Waals surface area contributed by atoms with E-state index in [1.165, 1.54) is 18.9 Å². The number of nitrogens with two attached hydrogens (primary N) is 1. The molecule has 2 rings (SSSR count). The molecule has 3 N–H and O–H groups in total. The number of unbranched alkanes of at least 4 members (excludes halogenated alkanes) is 1. The lowest BCUT2D eigenvalue weighted by Gasteiger charge is -2.04. The molecule has 1 aromatic carbocycles. The molecule has 0 aliphatic heterocycles. The van der Waals surface area contributed by atoms with Crippen LogP contribution in [-0.2, 0) is 6.42 Å². The second kappa shape index (κ2) is 13.9. The van der Waals surface area contributed by atoms with Gasteiger partial charge in [-0.15, -0.1) is 0 Å². The highest BCUT2D eigenvalue weighted by Gasteiger charge is 2.02. The maximum atomic E-state index is 13.8. The van der Waals surface area contributed by atoms with Gasteiger partial charge in [0.05, 0.1) is 0 Å². The van der Waals surface area contributed by atoms with Gasteiger partial charge in [0.15, 0.2) is 0 Å². The molecule has 0 saturated heterocycles. The van der Waals surface area contributed by atoms with Crippen molar-refractivity contribution in [1.82, 2.24) is 10.3 Å². The Morgan fingerprint density at radius 1 is 1.15 bits per heavy atom. The Morgan fingerprint density at radius 2 is 1.81 bits per heavy atom. The first-order chi connectivity index (χ1) is 12.5. The fourth-order valence-electron chi connectivity index (χ4n) is 2.09. The van der Waals surface area contributed by atoms with E-state index < -0.39 is 0 Å². The molecule has 26 heavy (non-hydrogen) atoms. The predicted molar refractivity (Wildman–Crippen MR) is 113 cm³/mol. The van der Waals surface area contributed by atoms with Gasteiger partial charge in [-0.3, -0.25) is 0 Å². The van der Waals surface area contributed by atoms with Crippen LogP contribution in [0.5, 0.6) is 0 Å². The van der Waals surface area contributed by atoms with Gasteiger partial charge in [0, 0.05) is 24.7 Å². The first-order valence-corrected chi connectivity index (χ1v) is 9.36. The number of aromatic nitrogens is 1. The minimum Gasteiger partial charge on any atom is -0.393 e. The van der Waals surface area contributed by atoms with Crippen molar-refractivity contribution in [3.63, 3.8) is 0 Å². The van der Waals surface area contributed by atoms with Gasteiger partial charge in [0.25, 0.3) is 0 Å². The highest BCUT2D eigenvalue weighted by atomic mass is 19.1. The third-order valence-electron chi connectivity index (χ3n) is 3.67. The number of benzene rings is 1. The van der Waals surface area contributed by atoms with Crippen molar-refractivity contribution in [3.8, 4) is 0 Å². The van der Waals surface area contributed by atoms with Crippen LogP contribution in [0.4, 0.5) is 10.2 Å². The average Bonchev–Trinajstić information content (AvgIpc) is 2.65. The maximum absolute atomic E-state index is 13.8. The van der Waals surface area contributed by atoms with Gasteiger partial charge < -0.3 is 11.1 Å². The van der Waals surface area contributed by atoms with E-state index >= 15 is 0 Å². The Hall–Kier alpha value is -2.36. The summed E-state index contributed by atoms with van der Waals surface area (Å²) in [5.74, 6) is 0.287. The molecule has 0 unspecified atom stereocenters. The summed E-state index contributed by atoms with van der Waals surface area (Å²) in [4.78, 5) is 4.08. The summed E-state index contributed by atoms with van der Waals surface area (Å²) in [6.45, 7) is 10.3. The Balaban J connectivity index is 0.000000920. The van der Waals surface area contributed by atoms with E-state index in [9.17, 15) is 4.39 Å². The Morgan fingerprint density at radius 3 is 2.35 bits per heavy atom. The van der Waals surface area contributed by atoms with Gasteiger partial charge in [-0.25, -0.2) is 9.37 Å². The van der Waals surface area contributed by atoms with Crippen LogP contribution in [0.25, 0.3) is 12.3 Å². The Labute approximate surface area is 157 Å². The lowest BCUT2D eigenvalue weighted by Crippen LogP contribution is -2.28. The van der Waals surface area contributed by atoms with Crippen molar-refractivity contribution in [2.45, 2.75) is 53.9 Å². The monoisotopic (exact) mass is 359 g/mol. The number of hydrogen-bond acceptors (Lipinski definition) is 3. The largest absolute Gasteiger partial charge is 0.393 e. The van der Waals surface area contributed by atoms with Gasteiger partial charge in [-0.2, -0.15) is 0 Å². The SMILES string of the molecule is CC.CCCC.CN/C=c1\cc(N)nc\c1=C\Cc1c(C)cccc1F. The van der Waals surface area contributed by atoms with Gasteiger partial charge in [0.1, 0.15) is 11.6 Å². The summed E-state index contributed by atoms with van der Waals surface area (Å²) in [5, 5.41) is 4.84. The molecule has 0 fully saturated rings. The zero-order valence-corrected chi connectivity index (χ0v) is 17.1. The second-order valence-corrected chi connectivity index (χ2v) is 5.61. The van der Waals surface area contributed by atoms with E-state index in [2.05, 4.69) is 24.1 Å². The fourth-order valence-corrected chi connectivity index (χ4v) is 2.09. The maximum Gasteiger partial charge on any atom is 0.126 e. The van der Waals surface area contributed by atoms with E-state index in [-0.39, 0.29) is 5.82 Å². The zero-order valence-electron chi connectivity index (χ0n) is 17.1. The lowest BCUT2D eigenvalue weighted by molar-refractivity contribution is 0.614. The minimum atomic E-state index is -0.177. The topological polar surface area (TPSA) is 50.9 Å². The molecular weight excluding hydrogens is 325 g/mol. The summed E-state index contributed by atoms with van der Waals surface area (Å²) in [7, 11) is 1.82. The number of aryl methyl sites for hydroxylation is 1. The molecule has 0 atom stereocenters. The van der Waals surface area contributed by atoms with Crippen LogP contribution in [0.3, 0.4) is 0 Å². The Kier molecular flexibility index (Phi) is 12.6. The van der Waals surface area contributed by atoms with Crippen molar-refractivity contribution in [3.05, 3.63) is 57.8 Å². The number of nitrogens with zero attached hydrogens (tertiary/aromatic N) is 1. The van der Waals surface area contributed by atoms with Crippen molar-refractivity contribution in [2.24, 2.45) is 0 Å². The molecule has 0 aliphatic rings. The van der Waals surface area contributed by atoms with Crippen molar-refractivity contribution in [2.75, 3.05) is 12.8 Å². The molecular formula is C22H34FN3. The molecule has 0 amide bonds. The highest BCUT2D eigenvalue weighted by Crippen LogP contribution is 2.13. The number of hydrogen-bond donors (Lipinski definition) is 2. The molecule has 0 saturated carbocycles. The van der Waals surface area contributed by atoms with E-state index in [1.807, 2.05) is 46.2 Å². The van der Waals surface area contributed by atoms with Crippen LogP contribution in [-0.4, -0.2) is 12.0 Å². The molecule has 2 aromatic rings. The second-order valence-electron chi connectivity index (χ2n) is 5.61. The quantitative estimate of drug-likeness (QED) is 0.870. The molecule has 4 heteroatoms. The van der Waals surface area contributed by atoms with Gasteiger partial charge >= 0.3 is 0 Å². The number of anilines is 1. The van der Waals surface area contributed by atoms with Crippen molar-refractivity contribution < 1.29 is 4.39 Å². The third-order valence-corrected chi connectivity index (χ3v) is 3.67. The fraction of sp³-hybridized carbons (Fsp3) is 0.409. The number of nitrogens with one attached hydrogen (secondary N) is 1. The lowest BCUT2D eigenvalue weighted by atomic mass is 10.0. The van der Waals surface area contributed by atoms with Gasteiger partial charge in [-0.05, 0) is 41.8 Å². The number of nitrogen functional groups attached to an aromatic ring is 1. The summed E-state index contributed by atoms with van der Waals surface area (Å²) in [5.41, 5.74) is 7.34. The number of rotatable bonds is 4. The van der Waals surface area contributed by atoms with Gasteiger partial charge in [0.2, 0.25) is 0 Å². The summed E-state index contributed by atoms with van der Waals surface area (Å²) >= 11 is 0. The van der Waals surface area contributed by atoms with Crippen LogP contribution >= 0.6 is 0 Å². The normalized spacial score (nSPS) is 11.2. The zero-order chi connectivity index (χ0) is 19.9. The molecule has 0 bridgehead atoms. The van der Waals surface area contributed by atoms with E-state index in [0.717, 1.165) is 16.0 Å². The first kappa shape index (κ1) is 23.6. The van der Waals surface area contributed by atoms with Crippen molar-refractivity contribution >= 4 is 18.1 Å². The molecule has 0 spiro atoms. The summed E-state index contributed by atoms with van der Waals surface area (Å²) in [6.07, 6.45) is 8.67. The predicted octanol–water partition coefficient (Wildman–Crippen LogP) is 3.92. The third kappa shape index (κ3) is 8.15. The average molecular weight is 360 g/mol. The molecule has 1 aromatic heterocycles. The van der Waals surface area contributed by atoms with Crippen molar-refractivity contribution in [1.29, 1.82) is 0 Å². The molecule has 0 aliphatic carbocycles. The van der Waals surface area contributed by atoms with Crippen LogP contribution in [0.2, 0.25) is 0 Å². The summed E-state index contributed by atoms with van der Waals surface area (Å²) in [6, 6.07) is 6.90. The first-order valence-electron chi connectivity index (χ1n) is 9.36. The van der Waals surface area contributed by atoms with E-state index in [1.54, 1.807) is 18.3 Å².